The van der Waals surface area contributed by atoms with Gasteiger partial charge in [-0.15, -0.1) is 0 Å². The molecule has 0 spiro atoms. The molecule has 0 bridgehead atoms. The third-order valence-corrected chi connectivity index (χ3v) is 11.7. The average molecular weight is 725 g/mol. The molecule has 54 heavy (non-hydrogen) atoms. The van der Waals surface area contributed by atoms with Gasteiger partial charge in [0.05, 0.1) is 6.61 Å². The van der Waals surface area contributed by atoms with Crippen LogP contribution in [0.1, 0.15) is 71.6 Å². The number of rotatable bonds is 11. The summed E-state index contributed by atoms with van der Waals surface area (Å²) in [6, 6.07) is 31.9. The summed E-state index contributed by atoms with van der Waals surface area (Å²) in [5.74, 6) is 1.64. The van der Waals surface area contributed by atoms with Crippen LogP contribution < -0.4 is 15.0 Å². The van der Waals surface area contributed by atoms with Gasteiger partial charge in [0.2, 0.25) is 11.8 Å². The molecule has 4 aliphatic rings. The Morgan fingerprint density at radius 1 is 0.815 bits per heavy atom. The number of imide groups is 1. The van der Waals surface area contributed by atoms with Gasteiger partial charge in [-0.25, -0.2) is 0 Å². The number of nitrogens with zero attached hydrogens (tertiary/aromatic N) is 3. The van der Waals surface area contributed by atoms with Gasteiger partial charge in [-0.3, -0.25) is 24.6 Å². The first-order valence-electron chi connectivity index (χ1n) is 19.4. The van der Waals surface area contributed by atoms with E-state index in [1.807, 2.05) is 30.3 Å². The predicted molar refractivity (Wildman–Crippen MR) is 210 cm³/mol. The number of carbonyl (C=O) groups is 3. The number of hydrogen-bond donors (Lipinski definition) is 2. The Morgan fingerprint density at radius 2 is 1.52 bits per heavy atom. The first-order chi connectivity index (χ1) is 26.3. The molecule has 2 N–H and O–H groups in total. The number of allylic oxidation sites excluding steroid dienone is 1. The number of piperazine rings is 1. The molecule has 1 unspecified atom stereocenters. The van der Waals surface area contributed by atoms with Crippen molar-refractivity contribution in [3.8, 4) is 11.5 Å². The zero-order chi connectivity index (χ0) is 37.2. The van der Waals surface area contributed by atoms with Crippen molar-refractivity contribution in [1.82, 2.24) is 15.1 Å². The topological polar surface area (TPSA) is 102 Å². The third kappa shape index (κ3) is 7.51. The molecular formula is C45H48N4O5. The van der Waals surface area contributed by atoms with Gasteiger partial charge in [-0.05, 0) is 113 Å². The van der Waals surface area contributed by atoms with Gasteiger partial charge in [0.1, 0.15) is 17.5 Å². The summed E-state index contributed by atoms with van der Waals surface area (Å²) in [6.07, 6.45) is 3.88. The SMILES string of the molecule is CCC(=C(c1ccc(O)cc1)c1ccc(OCC2CC(CN3CCN(c4ccc5c(c4)CN(C4CCC(=O)NC4=O)C5=O)CC3)C2)cc1)c1ccccc1. The van der Waals surface area contributed by atoms with E-state index >= 15 is 0 Å². The fraction of sp³-hybridized carbons (Fsp3) is 0.356. The van der Waals surface area contributed by atoms with Crippen molar-refractivity contribution in [1.29, 1.82) is 0 Å². The number of amides is 3. The molecule has 1 atom stereocenters. The molecule has 278 valence electrons. The number of hydrogen-bond acceptors (Lipinski definition) is 7. The number of aromatic hydroxyl groups is 1. The minimum absolute atomic E-state index is 0.129. The molecule has 4 aromatic carbocycles. The van der Waals surface area contributed by atoms with Crippen molar-refractivity contribution in [2.45, 2.75) is 51.6 Å². The minimum atomic E-state index is -0.590. The molecule has 1 saturated carbocycles. The van der Waals surface area contributed by atoms with Crippen LogP contribution in [-0.4, -0.2) is 78.0 Å². The standard InChI is InChI=1S/C45H48N4O5/c1-2-39(32-6-4-3-5-7-32)43(33-8-13-37(50)14-9-33)34-10-15-38(16-11-34)54-29-31-24-30(25-31)27-47-20-22-48(23-21-47)36-12-17-40-35(26-36)28-49(45(40)53)41-18-19-42(51)46-44(41)52/h3-17,26,30-31,41,50H,2,18-25,27-29H2,1H3,(H,46,51,52). The Bertz CT molecular complexity index is 2030. The van der Waals surface area contributed by atoms with E-state index in [2.05, 4.69) is 76.6 Å². The zero-order valence-corrected chi connectivity index (χ0v) is 30.9. The Kier molecular flexibility index (Phi) is 10.2. The lowest BCUT2D eigenvalue weighted by Gasteiger charge is -2.42. The molecule has 9 heteroatoms. The highest BCUT2D eigenvalue weighted by atomic mass is 16.5. The lowest BCUT2D eigenvalue weighted by Crippen LogP contribution is -2.52. The van der Waals surface area contributed by atoms with Crippen LogP contribution in [0.15, 0.2) is 97.1 Å². The monoisotopic (exact) mass is 724 g/mol. The fourth-order valence-corrected chi connectivity index (χ4v) is 8.71. The highest BCUT2D eigenvalue weighted by Gasteiger charge is 2.39. The van der Waals surface area contributed by atoms with E-state index in [1.54, 1.807) is 17.0 Å². The first-order valence-corrected chi connectivity index (χ1v) is 19.4. The molecular weight excluding hydrogens is 677 g/mol. The van der Waals surface area contributed by atoms with Crippen LogP contribution in [0.25, 0.3) is 11.1 Å². The van der Waals surface area contributed by atoms with E-state index in [9.17, 15) is 19.5 Å². The van der Waals surface area contributed by atoms with Crippen LogP contribution in [0.4, 0.5) is 5.69 Å². The van der Waals surface area contributed by atoms with E-state index in [0.29, 0.717) is 30.4 Å². The van der Waals surface area contributed by atoms with Crippen LogP contribution >= 0.6 is 0 Å². The summed E-state index contributed by atoms with van der Waals surface area (Å²) in [5.41, 5.74) is 8.55. The summed E-state index contributed by atoms with van der Waals surface area (Å²) in [7, 11) is 0. The second kappa shape index (κ2) is 15.5. The Hall–Kier alpha value is -5.41. The number of fused-ring (bicyclic) bond motifs is 1. The first kappa shape index (κ1) is 35.6. The van der Waals surface area contributed by atoms with Gasteiger partial charge in [0.25, 0.3) is 5.91 Å². The molecule has 4 aromatic rings. The van der Waals surface area contributed by atoms with Crippen molar-refractivity contribution in [3.63, 3.8) is 0 Å². The molecule has 3 amide bonds. The number of phenols is 1. The van der Waals surface area contributed by atoms with Crippen molar-refractivity contribution >= 4 is 34.6 Å². The van der Waals surface area contributed by atoms with Gasteiger partial charge in [0.15, 0.2) is 0 Å². The Balaban J connectivity index is 0.806. The summed E-state index contributed by atoms with van der Waals surface area (Å²) in [5, 5.41) is 12.3. The number of benzene rings is 4. The number of ether oxygens (including phenoxy) is 1. The molecule has 3 aliphatic heterocycles. The minimum Gasteiger partial charge on any atom is -0.508 e. The lowest BCUT2D eigenvalue weighted by atomic mass is 9.75. The maximum atomic E-state index is 13.1. The van der Waals surface area contributed by atoms with E-state index in [0.717, 1.165) is 73.9 Å². The van der Waals surface area contributed by atoms with Crippen LogP contribution in [-0.2, 0) is 16.1 Å². The number of phenolic OH excluding ortho intramolecular Hbond substituents is 1. The van der Waals surface area contributed by atoms with E-state index in [4.69, 9.17) is 4.74 Å². The zero-order valence-electron chi connectivity index (χ0n) is 30.9. The van der Waals surface area contributed by atoms with E-state index in [1.165, 1.54) is 29.6 Å². The largest absolute Gasteiger partial charge is 0.508 e. The summed E-state index contributed by atoms with van der Waals surface area (Å²) < 4.78 is 6.30. The Labute approximate surface area is 317 Å². The molecule has 3 fully saturated rings. The van der Waals surface area contributed by atoms with Crippen molar-refractivity contribution in [2.24, 2.45) is 11.8 Å². The third-order valence-electron chi connectivity index (χ3n) is 11.7. The normalized spacial score (nSPS) is 22.0. The molecule has 9 nitrogen and oxygen atoms in total. The second-order valence-electron chi connectivity index (χ2n) is 15.2. The number of anilines is 1. The molecule has 0 aromatic heterocycles. The van der Waals surface area contributed by atoms with Crippen LogP contribution in [0.5, 0.6) is 11.5 Å². The van der Waals surface area contributed by atoms with Crippen molar-refractivity contribution < 1.29 is 24.2 Å². The Morgan fingerprint density at radius 3 is 2.20 bits per heavy atom. The van der Waals surface area contributed by atoms with Gasteiger partial charge < -0.3 is 19.6 Å². The molecule has 1 aliphatic carbocycles. The molecule has 0 radical (unpaired) electrons. The summed E-state index contributed by atoms with van der Waals surface area (Å²) in [6.45, 7) is 8.33. The number of piperidine rings is 1. The summed E-state index contributed by atoms with van der Waals surface area (Å²) >= 11 is 0. The van der Waals surface area contributed by atoms with Crippen molar-refractivity contribution in [2.75, 3.05) is 44.2 Å². The van der Waals surface area contributed by atoms with E-state index < -0.39 is 6.04 Å². The maximum absolute atomic E-state index is 13.1. The fourth-order valence-electron chi connectivity index (χ4n) is 8.71. The molecule has 8 rings (SSSR count). The highest BCUT2D eigenvalue weighted by Crippen LogP contribution is 2.38. The summed E-state index contributed by atoms with van der Waals surface area (Å²) in [4.78, 5) is 43.7. The quantitative estimate of drug-likeness (QED) is 0.130. The van der Waals surface area contributed by atoms with Gasteiger partial charge in [-0.1, -0.05) is 61.5 Å². The number of nitrogens with one attached hydrogen (secondary N) is 1. The average Bonchev–Trinajstić information content (AvgIpc) is 3.50. The smallest absolute Gasteiger partial charge is 0.255 e. The predicted octanol–water partition coefficient (Wildman–Crippen LogP) is 6.75. The van der Waals surface area contributed by atoms with Gasteiger partial charge in [0, 0.05) is 56.9 Å². The highest BCUT2D eigenvalue weighted by molar-refractivity contribution is 6.05. The van der Waals surface area contributed by atoms with Crippen LogP contribution in [0.2, 0.25) is 0 Å². The molecule has 3 heterocycles. The van der Waals surface area contributed by atoms with Gasteiger partial charge in [-0.2, -0.15) is 0 Å². The van der Waals surface area contributed by atoms with E-state index in [-0.39, 0.29) is 29.9 Å². The van der Waals surface area contributed by atoms with Crippen LogP contribution in [0, 0.1) is 11.8 Å². The van der Waals surface area contributed by atoms with Gasteiger partial charge >= 0.3 is 0 Å². The lowest BCUT2D eigenvalue weighted by molar-refractivity contribution is -0.136. The van der Waals surface area contributed by atoms with Crippen molar-refractivity contribution in [3.05, 3.63) is 125 Å². The maximum Gasteiger partial charge on any atom is 0.255 e. The molecule has 2 saturated heterocycles. The number of carbonyl (C=O) groups excluding carboxylic acids is 3. The van der Waals surface area contributed by atoms with Crippen LogP contribution in [0.3, 0.4) is 0 Å². The second-order valence-corrected chi connectivity index (χ2v) is 15.2.